The molecular weight excluding hydrogens is 550 g/mol. The van der Waals surface area contributed by atoms with E-state index in [-0.39, 0.29) is 10.8 Å². The Morgan fingerprint density at radius 3 is 2.09 bits per heavy atom. The molecule has 0 saturated heterocycles. The number of fused-ring (bicyclic) bond motifs is 2. The van der Waals surface area contributed by atoms with Gasteiger partial charge in [0.15, 0.2) is 0 Å². The summed E-state index contributed by atoms with van der Waals surface area (Å²) in [6.07, 6.45) is 12.2. The van der Waals surface area contributed by atoms with Gasteiger partial charge in [-0.3, -0.25) is 0 Å². The minimum Gasteiger partial charge on any atom is -0.494 e. The predicted molar refractivity (Wildman–Crippen MR) is 184 cm³/mol. The average molecular weight is 598 g/mol. The summed E-state index contributed by atoms with van der Waals surface area (Å²) in [7, 11) is 2.17. The first kappa shape index (κ1) is 31.3. The fraction of sp³-hybridized carbons (Fsp3) is 0.436. The largest absolute Gasteiger partial charge is 0.494 e. The molecule has 0 amide bonds. The summed E-state index contributed by atoms with van der Waals surface area (Å²) in [5.41, 5.74) is 13.7. The van der Waals surface area contributed by atoms with Gasteiger partial charge in [-0.1, -0.05) is 57.5 Å². The zero-order chi connectivity index (χ0) is 31.3. The van der Waals surface area contributed by atoms with E-state index in [1.165, 1.54) is 61.5 Å². The van der Waals surface area contributed by atoms with Crippen molar-refractivity contribution in [3.8, 4) is 11.5 Å². The predicted octanol–water partition coefficient (Wildman–Crippen LogP) is 10.6. The lowest BCUT2D eigenvalue weighted by atomic mass is 9.80. The highest BCUT2D eigenvalue weighted by atomic mass is 35.5. The molecule has 0 aromatic heterocycles. The quantitative estimate of drug-likeness (QED) is 0.317. The molecule has 2 aliphatic carbocycles. The Balaban J connectivity index is 1.45. The molecule has 0 spiro atoms. The average Bonchev–Trinajstić information content (AvgIpc) is 3.24. The first-order valence-electron chi connectivity index (χ1n) is 15.8. The van der Waals surface area contributed by atoms with Gasteiger partial charge >= 0.3 is 0 Å². The van der Waals surface area contributed by atoms with E-state index >= 15 is 0 Å². The van der Waals surface area contributed by atoms with Crippen molar-refractivity contribution >= 4 is 22.9 Å². The summed E-state index contributed by atoms with van der Waals surface area (Å²) < 4.78 is 11.9. The van der Waals surface area contributed by atoms with Crippen molar-refractivity contribution in [2.24, 2.45) is 0 Å². The molecule has 5 rings (SSSR count). The molecule has 43 heavy (non-hydrogen) atoms. The highest BCUT2D eigenvalue weighted by Crippen LogP contribution is 2.50. The van der Waals surface area contributed by atoms with Gasteiger partial charge < -0.3 is 14.4 Å². The van der Waals surface area contributed by atoms with Crippen LogP contribution >= 0.6 is 11.6 Å². The van der Waals surface area contributed by atoms with Crippen molar-refractivity contribution in [3.05, 3.63) is 104 Å². The Labute approximate surface area is 264 Å². The highest BCUT2D eigenvalue weighted by molar-refractivity contribution is 6.32. The van der Waals surface area contributed by atoms with Gasteiger partial charge in [0, 0.05) is 34.3 Å². The van der Waals surface area contributed by atoms with Crippen molar-refractivity contribution in [1.29, 1.82) is 0 Å². The maximum Gasteiger partial charge on any atom is 0.122 e. The van der Waals surface area contributed by atoms with Crippen LogP contribution in [0, 0.1) is 13.8 Å². The molecule has 2 aromatic carbocycles. The van der Waals surface area contributed by atoms with E-state index in [0.29, 0.717) is 13.2 Å². The Kier molecular flexibility index (Phi) is 8.53. The second-order valence-electron chi connectivity index (χ2n) is 13.3. The fourth-order valence-corrected chi connectivity index (χ4v) is 7.57. The van der Waals surface area contributed by atoms with Crippen LogP contribution in [0.1, 0.15) is 95.5 Å². The van der Waals surface area contributed by atoms with Crippen LogP contribution in [0.4, 0.5) is 5.69 Å². The number of ether oxygens (including phenoxy) is 2. The number of benzene rings is 2. The monoisotopic (exact) mass is 597 g/mol. The molecule has 0 saturated carbocycles. The summed E-state index contributed by atoms with van der Waals surface area (Å²) >= 11 is 7.13. The summed E-state index contributed by atoms with van der Waals surface area (Å²) in [5.74, 6) is 1.96. The van der Waals surface area contributed by atoms with Crippen LogP contribution in [-0.2, 0) is 10.8 Å². The first-order valence-corrected chi connectivity index (χ1v) is 16.2. The third-order valence-electron chi connectivity index (χ3n) is 9.75. The van der Waals surface area contributed by atoms with Crippen LogP contribution in [0.5, 0.6) is 11.5 Å². The van der Waals surface area contributed by atoms with Gasteiger partial charge in [-0.05, 0) is 134 Å². The van der Waals surface area contributed by atoms with Crippen molar-refractivity contribution in [3.63, 3.8) is 0 Å². The highest BCUT2D eigenvalue weighted by Gasteiger charge is 2.39. The van der Waals surface area contributed by atoms with Gasteiger partial charge in [0.05, 0.1) is 13.2 Å². The zero-order valence-electron chi connectivity index (χ0n) is 27.8. The van der Waals surface area contributed by atoms with Crippen LogP contribution in [0.2, 0.25) is 0 Å². The molecule has 3 aliphatic rings. The van der Waals surface area contributed by atoms with Crippen LogP contribution < -0.4 is 14.4 Å². The number of rotatable bonds is 7. The van der Waals surface area contributed by atoms with E-state index in [1.54, 1.807) is 0 Å². The van der Waals surface area contributed by atoms with Crippen molar-refractivity contribution < 1.29 is 9.47 Å². The molecular formula is C39H48ClNO2. The summed E-state index contributed by atoms with van der Waals surface area (Å²) in [6.45, 7) is 21.2. The number of hydrogen-bond acceptors (Lipinski definition) is 3. The third-order valence-corrected chi connectivity index (χ3v) is 10.2. The molecule has 0 bridgehead atoms. The van der Waals surface area contributed by atoms with E-state index in [2.05, 4.69) is 109 Å². The number of halogens is 1. The minimum absolute atomic E-state index is 0.103. The number of allylic oxidation sites excluding steroid dienone is 10. The Hall–Kier alpha value is -3.17. The lowest BCUT2D eigenvalue weighted by Crippen LogP contribution is -2.22. The van der Waals surface area contributed by atoms with E-state index in [0.717, 1.165) is 35.8 Å². The van der Waals surface area contributed by atoms with E-state index in [9.17, 15) is 0 Å². The molecule has 1 heterocycles. The van der Waals surface area contributed by atoms with Crippen LogP contribution in [0.15, 0.2) is 76.0 Å². The molecule has 0 unspecified atom stereocenters. The summed E-state index contributed by atoms with van der Waals surface area (Å²) in [6, 6.07) is 9.02. The number of hydrogen-bond donors (Lipinski definition) is 0. The maximum atomic E-state index is 7.13. The van der Waals surface area contributed by atoms with Crippen molar-refractivity contribution in [1.82, 2.24) is 0 Å². The summed E-state index contributed by atoms with van der Waals surface area (Å²) in [4.78, 5) is 2.32. The normalized spacial score (nSPS) is 21.0. The van der Waals surface area contributed by atoms with Gasteiger partial charge in [-0.15, -0.1) is 0 Å². The molecule has 0 atom stereocenters. The number of nitrogens with zero attached hydrogens (tertiary/aromatic N) is 1. The number of anilines is 1. The SMILES string of the molecule is CCOc1cc2c(cc1C)C(C)=C(/C=C/C1=C(Cl)C(=C/C=C3\N(C)c4cc(C)c(OCC)cc4C3(C)C)/CCC1)C2(C)C. The van der Waals surface area contributed by atoms with Gasteiger partial charge in [0.25, 0.3) is 0 Å². The molecule has 2 aromatic rings. The molecule has 4 heteroatoms. The van der Waals surface area contributed by atoms with E-state index in [1.807, 2.05) is 13.8 Å². The molecule has 3 nitrogen and oxygen atoms in total. The second-order valence-corrected chi connectivity index (χ2v) is 13.7. The topological polar surface area (TPSA) is 21.7 Å². The summed E-state index contributed by atoms with van der Waals surface area (Å²) in [5, 5.41) is 0.894. The number of aryl methyl sites for hydroxylation is 2. The standard InChI is InChI=1S/C39H48ClNO2/c1-11-42-34-22-31-29(20-24(34)3)26(5)30(38(31,6)7)18-16-27-14-13-15-28(37(27)40)17-19-36-39(8,9)32-23-35(43-12-2)25(4)21-33(32)41(36)10/h16-23H,11-15H2,1-10H3/b18-16+,28-17+,36-19-. The van der Waals surface area contributed by atoms with Gasteiger partial charge in [-0.2, -0.15) is 0 Å². The van der Waals surface area contributed by atoms with Gasteiger partial charge in [-0.25, -0.2) is 0 Å². The Bertz CT molecular complexity index is 1610. The van der Waals surface area contributed by atoms with Crippen molar-refractivity contribution in [2.45, 2.75) is 92.4 Å². The van der Waals surface area contributed by atoms with Crippen LogP contribution in [0.3, 0.4) is 0 Å². The van der Waals surface area contributed by atoms with Crippen LogP contribution in [-0.4, -0.2) is 20.3 Å². The van der Waals surface area contributed by atoms with E-state index < -0.39 is 0 Å². The smallest absolute Gasteiger partial charge is 0.122 e. The zero-order valence-corrected chi connectivity index (χ0v) is 28.6. The minimum atomic E-state index is -0.137. The second kappa shape index (κ2) is 11.7. The van der Waals surface area contributed by atoms with Gasteiger partial charge in [0.1, 0.15) is 11.5 Å². The third kappa shape index (κ3) is 5.39. The molecule has 0 radical (unpaired) electrons. The maximum absolute atomic E-state index is 7.13. The molecule has 228 valence electrons. The van der Waals surface area contributed by atoms with Crippen molar-refractivity contribution in [2.75, 3.05) is 25.2 Å². The molecule has 0 fully saturated rings. The molecule has 0 N–H and O–H groups in total. The lowest BCUT2D eigenvalue weighted by Gasteiger charge is -2.25. The van der Waals surface area contributed by atoms with Gasteiger partial charge in [0.2, 0.25) is 0 Å². The first-order chi connectivity index (χ1) is 20.3. The molecule has 1 aliphatic heterocycles. The van der Waals surface area contributed by atoms with E-state index in [4.69, 9.17) is 21.1 Å². The number of likely N-dealkylation sites (N-methyl/N-ethyl adjacent to an activating group) is 1. The van der Waals surface area contributed by atoms with Crippen LogP contribution in [0.25, 0.3) is 5.57 Å². The lowest BCUT2D eigenvalue weighted by molar-refractivity contribution is 0.337. The Morgan fingerprint density at radius 1 is 0.814 bits per heavy atom. The fourth-order valence-electron chi connectivity index (χ4n) is 7.26. The Morgan fingerprint density at radius 2 is 1.44 bits per heavy atom.